The van der Waals surface area contributed by atoms with Gasteiger partial charge in [-0.05, 0) is 37.0 Å². The number of carbonyl (C=O) groups is 2. The smallest absolute Gasteiger partial charge is 0.307 e. The van der Waals surface area contributed by atoms with Gasteiger partial charge in [-0.25, -0.2) is 0 Å². The largest absolute Gasteiger partial charge is 0.481 e. The minimum atomic E-state index is -0.895. The van der Waals surface area contributed by atoms with Crippen LogP contribution in [0, 0.1) is 17.8 Å². The van der Waals surface area contributed by atoms with Crippen molar-refractivity contribution in [2.75, 3.05) is 5.32 Å². The second kappa shape index (κ2) is 6.79. The number of halogens is 2. The van der Waals surface area contributed by atoms with Crippen molar-refractivity contribution in [1.82, 2.24) is 0 Å². The number of rotatable bonds is 4. The van der Waals surface area contributed by atoms with E-state index in [0.29, 0.717) is 29.5 Å². The molecule has 0 aliphatic heterocycles. The molecule has 1 amide bonds. The monoisotopic (exact) mass is 373 g/mol. The minimum Gasteiger partial charge on any atom is -0.481 e. The molecule has 1 unspecified atom stereocenters. The van der Waals surface area contributed by atoms with Crippen LogP contribution in [0.5, 0.6) is 0 Å². The second-order valence-electron chi connectivity index (χ2n) is 5.41. The number of anilines is 1. The summed E-state index contributed by atoms with van der Waals surface area (Å²) in [7, 11) is 0. The van der Waals surface area contributed by atoms with Crippen molar-refractivity contribution in [3.05, 3.63) is 27.7 Å². The number of carboxylic acids is 1. The van der Waals surface area contributed by atoms with E-state index in [-0.39, 0.29) is 5.91 Å². The number of hydrogen-bond donors (Lipinski definition) is 2. The molecule has 2 N–H and O–H groups in total. The Kier molecular flexibility index (Phi) is 5.27. The van der Waals surface area contributed by atoms with E-state index < -0.39 is 17.8 Å². The van der Waals surface area contributed by atoms with Crippen LogP contribution < -0.4 is 5.32 Å². The van der Waals surface area contributed by atoms with Gasteiger partial charge in [-0.2, -0.15) is 0 Å². The summed E-state index contributed by atoms with van der Waals surface area (Å²) in [6.07, 6.45) is 2.08. The van der Waals surface area contributed by atoms with E-state index in [0.717, 1.165) is 10.9 Å². The Labute approximate surface area is 137 Å². The van der Waals surface area contributed by atoms with Gasteiger partial charge in [0.1, 0.15) is 0 Å². The lowest BCUT2D eigenvalue weighted by Gasteiger charge is -2.16. The zero-order chi connectivity index (χ0) is 15.6. The maximum absolute atomic E-state index is 12.4. The van der Waals surface area contributed by atoms with Gasteiger partial charge in [0.25, 0.3) is 0 Å². The zero-order valence-corrected chi connectivity index (χ0v) is 13.9. The Morgan fingerprint density at radius 2 is 2.05 bits per heavy atom. The molecule has 1 aromatic carbocycles. The van der Waals surface area contributed by atoms with Crippen LogP contribution in [-0.4, -0.2) is 17.0 Å². The van der Waals surface area contributed by atoms with Crippen molar-refractivity contribution in [3.63, 3.8) is 0 Å². The molecule has 114 valence electrons. The average Bonchev–Trinajstić information content (AvgIpc) is 2.86. The van der Waals surface area contributed by atoms with Gasteiger partial charge in [0.2, 0.25) is 5.91 Å². The third-order valence-corrected chi connectivity index (χ3v) is 4.89. The molecule has 0 aromatic heterocycles. The van der Waals surface area contributed by atoms with Crippen molar-refractivity contribution >= 4 is 45.1 Å². The minimum absolute atomic E-state index is 0.262. The van der Waals surface area contributed by atoms with Gasteiger partial charge in [0, 0.05) is 4.47 Å². The lowest BCUT2D eigenvalue weighted by Crippen LogP contribution is -2.30. The van der Waals surface area contributed by atoms with Crippen LogP contribution >= 0.6 is 27.5 Å². The first kappa shape index (κ1) is 16.3. The summed E-state index contributed by atoms with van der Waals surface area (Å²) in [6, 6.07) is 5.17. The van der Waals surface area contributed by atoms with E-state index in [4.69, 9.17) is 11.6 Å². The zero-order valence-electron chi connectivity index (χ0n) is 11.6. The fraction of sp³-hybridized carbons (Fsp3) is 0.467. The summed E-state index contributed by atoms with van der Waals surface area (Å²) in [6.45, 7) is 2.02. The summed E-state index contributed by atoms with van der Waals surface area (Å²) in [4.78, 5) is 23.7. The van der Waals surface area contributed by atoms with Crippen LogP contribution in [0.25, 0.3) is 0 Å². The number of benzene rings is 1. The molecule has 3 atom stereocenters. The summed E-state index contributed by atoms with van der Waals surface area (Å²) in [5.74, 6) is -1.96. The van der Waals surface area contributed by atoms with Crippen LogP contribution in [0.1, 0.15) is 26.2 Å². The Balaban J connectivity index is 2.13. The molecule has 0 spiro atoms. The molecule has 1 aliphatic rings. The first-order chi connectivity index (χ1) is 9.92. The van der Waals surface area contributed by atoms with E-state index >= 15 is 0 Å². The highest BCUT2D eigenvalue weighted by molar-refractivity contribution is 9.10. The lowest BCUT2D eigenvalue weighted by atomic mass is 9.95. The van der Waals surface area contributed by atoms with Gasteiger partial charge in [-0.3, -0.25) is 9.59 Å². The first-order valence-corrected chi connectivity index (χ1v) is 8.08. The molecule has 0 saturated heterocycles. The SMILES string of the molecule is CCC1C[C@H](C(=O)Nc2ccc(Br)cc2Cl)[C@H](C(=O)O)C1. The number of hydrogen-bond acceptors (Lipinski definition) is 2. The second-order valence-corrected chi connectivity index (χ2v) is 6.73. The molecule has 6 heteroatoms. The van der Waals surface area contributed by atoms with Crippen LogP contribution in [0.15, 0.2) is 22.7 Å². The molecule has 2 rings (SSSR count). The highest BCUT2D eigenvalue weighted by Crippen LogP contribution is 2.39. The van der Waals surface area contributed by atoms with E-state index in [1.54, 1.807) is 18.2 Å². The molecule has 0 heterocycles. The number of nitrogens with one attached hydrogen (secondary N) is 1. The summed E-state index contributed by atoms with van der Waals surface area (Å²) in [5.41, 5.74) is 0.508. The molecule has 21 heavy (non-hydrogen) atoms. The predicted octanol–water partition coefficient (Wildman–Crippen LogP) is 4.18. The van der Waals surface area contributed by atoms with E-state index in [2.05, 4.69) is 21.2 Å². The van der Waals surface area contributed by atoms with Gasteiger partial charge >= 0.3 is 5.97 Å². The topological polar surface area (TPSA) is 66.4 Å². The Bertz CT molecular complexity index is 564. The van der Waals surface area contributed by atoms with Crippen molar-refractivity contribution < 1.29 is 14.7 Å². The quantitative estimate of drug-likeness (QED) is 0.831. The standard InChI is InChI=1S/C15H17BrClNO3/c1-2-8-5-10(11(6-8)15(20)21)14(19)18-13-4-3-9(16)7-12(13)17/h3-4,7-8,10-11H,2,5-6H2,1H3,(H,18,19)(H,20,21)/t8?,10-,11+/m0/s1. The summed E-state index contributed by atoms with van der Waals surface area (Å²) >= 11 is 9.37. The van der Waals surface area contributed by atoms with Crippen LogP contribution in [0.3, 0.4) is 0 Å². The molecule has 1 aliphatic carbocycles. The molecular weight excluding hydrogens is 358 g/mol. The van der Waals surface area contributed by atoms with Gasteiger partial charge < -0.3 is 10.4 Å². The number of amides is 1. The maximum Gasteiger partial charge on any atom is 0.307 e. The Hall–Kier alpha value is -1.07. The maximum atomic E-state index is 12.4. The van der Waals surface area contributed by atoms with Crippen molar-refractivity contribution in [2.24, 2.45) is 17.8 Å². The Morgan fingerprint density at radius 1 is 1.38 bits per heavy atom. The van der Waals surface area contributed by atoms with Gasteiger partial charge in [0.05, 0.1) is 22.5 Å². The highest BCUT2D eigenvalue weighted by atomic mass is 79.9. The van der Waals surface area contributed by atoms with E-state index in [9.17, 15) is 14.7 Å². The van der Waals surface area contributed by atoms with Crippen LogP contribution in [0.2, 0.25) is 5.02 Å². The van der Waals surface area contributed by atoms with Crippen molar-refractivity contribution in [3.8, 4) is 0 Å². The van der Waals surface area contributed by atoms with Crippen molar-refractivity contribution in [1.29, 1.82) is 0 Å². The van der Waals surface area contributed by atoms with E-state index in [1.807, 2.05) is 6.92 Å². The van der Waals surface area contributed by atoms with Gasteiger partial charge in [-0.1, -0.05) is 40.9 Å². The summed E-state index contributed by atoms with van der Waals surface area (Å²) in [5, 5.41) is 12.5. The molecular formula is C15H17BrClNO3. The predicted molar refractivity (Wildman–Crippen MR) is 85.4 cm³/mol. The van der Waals surface area contributed by atoms with Crippen LogP contribution in [-0.2, 0) is 9.59 Å². The van der Waals surface area contributed by atoms with E-state index in [1.165, 1.54) is 0 Å². The number of aliphatic carboxylic acids is 1. The molecule has 0 radical (unpaired) electrons. The van der Waals surface area contributed by atoms with Gasteiger partial charge in [0.15, 0.2) is 0 Å². The number of carboxylic acid groups (broad SMARTS) is 1. The summed E-state index contributed by atoms with van der Waals surface area (Å²) < 4.78 is 0.820. The third kappa shape index (κ3) is 3.77. The Morgan fingerprint density at radius 3 is 2.62 bits per heavy atom. The average molecular weight is 375 g/mol. The third-order valence-electron chi connectivity index (χ3n) is 4.08. The molecule has 1 saturated carbocycles. The molecule has 1 fully saturated rings. The normalized spacial score (nSPS) is 24.8. The van der Waals surface area contributed by atoms with Gasteiger partial charge in [-0.15, -0.1) is 0 Å². The fourth-order valence-corrected chi connectivity index (χ4v) is 3.58. The molecule has 1 aromatic rings. The first-order valence-electron chi connectivity index (χ1n) is 6.91. The van der Waals surface area contributed by atoms with Crippen molar-refractivity contribution in [2.45, 2.75) is 26.2 Å². The van der Waals surface area contributed by atoms with Crippen LogP contribution in [0.4, 0.5) is 5.69 Å². The molecule has 0 bridgehead atoms. The fourth-order valence-electron chi connectivity index (χ4n) is 2.86. The number of carbonyl (C=O) groups excluding carboxylic acids is 1. The highest BCUT2D eigenvalue weighted by Gasteiger charge is 2.42. The molecule has 4 nitrogen and oxygen atoms in total. The lowest BCUT2D eigenvalue weighted by molar-refractivity contribution is -0.145.